The molecule has 0 fully saturated rings. The van der Waals surface area contributed by atoms with E-state index in [0.717, 1.165) is 0 Å². The van der Waals surface area contributed by atoms with Crippen LogP contribution < -0.4 is 5.32 Å². The summed E-state index contributed by atoms with van der Waals surface area (Å²) < 4.78 is 4.85. The molecule has 0 bridgehead atoms. The van der Waals surface area contributed by atoms with E-state index in [-0.39, 0.29) is 17.5 Å². The zero-order valence-corrected chi connectivity index (χ0v) is 11.5. The number of nitrogens with one attached hydrogen (secondary N) is 1. The summed E-state index contributed by atoms with van der Waals surface area (Å²) in [6, 6.07) is 8.27. The van der Waals surface area contributed by atoms with Crippen molar-refractivity contribution in [1.82, 2.24) is 10.1 Å². The van der Waals surface area contributed by atoms with E-state index >= 15 is 0 Å². The van der Waals surface area contributed by atoms with Gasteiger partial charge in [0.25, 0.3) is 11.8 Å². The monoisotopic (exact) mass is 273 g/mol. The maximum absolute atomic E-state index is 11.9. The molecule has 0 saturated carbocycles. The third kappa shape index (κ3) is 3.03. The Morgan fingerprint density at radius 3 is 2.60 bits per heavy atom. The number of hydrogen-bond acceptors (Lipinski definition) is 4. The maximum atomic E-state index is 11.9. The van der Waals surface area contributed by atoms with Crippen LogP contribution in [0.15, 0.2) is 34.9 Å². The van der Waals surface area contributed by atoms with Gasteiger partial charge in [0.15, 0.2) is 5.69 Å². The van der Waals surface area contributed by atoms with Gasteiger partial charge < -0.3 is 14.7 Å². The van der Waals surface area contributed by atoms with Gasteiger partial charge in [-0.2, -0.15) is 0 Å². The summed E-state index contributed by atoms with van der Waals surface area (Å²) in [6.45, 7) is 1.71. The lowest BCUT2D eigenvalue weighted by Gasteiger charge is -2.11. The summed E-state index contributed by atoms with van der Waals surface area (Å²) in [6.07, 6.45) is 0. The van der Waals surface area contributed by atoms with Gasteiger partial charge in [0.1, 0.15) is 5.76 Å². The lowest BCUT2D eigenvalue weighted by molar-refractivity contribution is 0.0827. The van der Waals surface area contributed by atoms with Gasteiger partial charge in [-0.15, -0.1) is 0 Å². The molecule has 0 aliphatic heterocycles. The van der Waals surface area contributed by atoms with Crippen LogP contribution in [0.2, 0.25) is 0 Å². The number of benzene rings is 1. The Kier molecular flexibility index (Phi) is 3.84. The molecule has 0 unspecified atom stereocenters. The molecule has 2 rings (SSSR count). The van der Waals surface area contributed by atoms with Crippen molar-refractivity contribution in [3.05, 3.63) is 47.3 Å². The second-order valence-corrected chi connectivity index (χ2v) is 4.56. The van der Waals surface area contributed by atoms with Crippen LogP contribution in [-0.4, -0.2) is 36.0 Å². The van der Waals surface area contributed by atoms with Crippen LogP contribution in [0.3, 0.4) is 0 Å². The average Bonchev–Trinajstić information content (AvgIpc) is 2.85. The topological polar surface area (TPSA) is 75.4 Å². The predicted molar refractivity (Wildman–Crippen MR) is 73.7 cm³/mol. The summed E-state index contributed by atoms with van der Waals surface area (Å²) in [5.41, 5.74) is 1.24. The van der Waals surface area contributed by atoms with Gasteiger partial charge in [0.05, 0.1) is 0 Å². The van der Waals surface area contributed by atoms with Crippen molar-refractivity contribution in [2.24, 2.45) is 0 Å². The first-order valence-corrected chi connectivity index (χ1v) is 6.04. The number of nitrogens with zero attached hydrogens (tertiary/aromatic N) is 2. The van der Waals surface area contributed by atoms with Crippen molar-refractivity contribution >= 4 is 17.5 Å². The minimum atomic E-state index is -0.378. The van der Waals surface area contributed by atoms with Crippen LogP contribution in [0.4, 0.5) is 5.69 Å². The van der Waals surface area contributed by atoms with E-state index in [9.17, 15) is 9.59 Å². The predicted octanol–water partition coefficient (Wildman–Crippen LogP) is 1.94. The molecule has 0 aliphatic rings. The first kappa shape index (κ1) is 13.8. The highest BCUT2D eigenvalue weighted by atomic mass is 16.5. The summed E-state index contributed by atoms with van der Waals surface area (Å²) in [5, 5.41) is 6.31. The highest BCUT2D eigenvalue weighted by Gasteiger charge is 2.13. The van der Waals surface area contributed by atoms with E-state index in [0.29, 0.717) is 17.0 Å². The molecule has 1 N–H and O–H groups in total. The van der Waals surface area contributed by atoms with Crippen molar-refractivity contribution in [2.75, 3.05) is 19.4 Å². The van der Waals surface area contributed by atoms with Crippen molar-refractivity contribution < 1.29 is 14.1 Å². The van der Waals surface area contributed by atoms with Crippen LogP contribution in [0.1, 0.15) is 26.6 Å². The molecular formula is C14H15N3O3. The maximum Gasteiger partial charge on any atom is 0.277 e. The number of aryl methyl sites for hydroxylation is 1. The summed E-state index contributed by atoms with van der Waals surface area (Å²) in [5.74, 6) is 0.0568. The molecule has 2 amide bonds. The second-order valence-electron chi connectivity index (χ2n) is 4.56. The van der Waals surface area contributed by atoms with E-state index in [4.69, 9.17) is 4.52 Å². The van der Waals surface area contributed by atoms with Crippen molar-refractivity contribution in [3.63, 3.8) is 0 Å². The smallest absolute Gasteiger partial charge is 0.277 e. The number of anilines is 1. The lowest BCUT2D eigenvalue weighted by atomic mass is 10.2. The Balaban J connectivity index is 2.16. The largest absolute Gasteiger partial charge is 0.361 e. The van der Waals surface area contributed by atoms with Crippen LogP contribution in [-0.2, 0) is 0 Å². The summed E-state index contributed by atoms with van der Waals surface area (Å²) >= 11 is 0. The van der Waals surface area contributed by atoms with E-state index in [2.05, 4.69) is 10.5 Å². The Hall–Kier alpha value is -2.63. The molecule has 6 nitrogen and oxygen atoms in total. The fourth-order valence-corrected chi connectivity index (χ4v) is 1.66. The normalized spacial score (nSPS) is 10.2. The minimum absolute atomic E-state index is 0.127. The number of aromatic nitrogens is 1. The Labute approximate surface area is 116 Å². The molecule has 1 aromatic heterocycles. The van der Waals surface area contributed by atoms with Gasteiger partial charge in [0, 0.05) is 31.4 Å². The minimum Gasteiger partial charge on any atom is -0.361 e. The van der Waals surface area contributed by atoms with Crippen LogP contribution >= 0.6 is 0 Å². The van der Waals surface area contributed by atoms with Gasteiger partial charge in [-0.25, -0.2) is 0 Å². The molecule has 0 spiro atoms. The zero-order valence-electron chi connectivity index (χ0n) is 11.5. The van der Waals surface area contributed by atoms with Crippen molar-refractivity contribution in [1.29, 1.82) is 0 Å². The molecule has 0 saturated heterocycles. The second kappa shape index (κ2) is 5.56. The van der Waals surface area contributed by atoms with Gasteiger partial charge >= 0.3 is 0 Å². The molecular weight excluding hydrogens is 258 g/mol. The average molecular weight is 273 g/mol. The lowest BCUT2D eigenvalue weighted by Crippen LogP contribution is -2.22. The highest BCUT2D eigenvalue weighted by molar-refractivity contribution is 6.03. The van der Waals surface area contributed by atoms with Gasteiger partial charge in [-0.1, -0.05) is 11.2 Å². The van der Waals surface area contributed by atoms with E-state index in [1.807, 2.05) is 0 Å². The van der Waals surface area contributed by atoms with E-state index in [1.54, 1.807) is 51.4 Å². The number of carbonyl (C=O) groups is 2. The molecule has 0 atom stereocenters. The van der Waals surface area contributed by atoms with Gasteiger partial charge in [-0.05, 0) is 25.1 Å². The number of hydrogen-bond donors (Lipinski definition) is 1. The third-order valence-electron chi connectivity index (χ3n) is 2.63. The number of rotatable bonds is 3. The molecule has 1 aromatic carbocycles. The Morgan fingerprint density at radius 1 is 1.25 bits per heavy atom. The summed E-state index contributed by atoms with van der Waals surface area (Å²) in [4.78, 5) is 25.2. The van der Waals surface area contributed by atoms with Gasteiger partial charge in [0.2, 0.25) is 0 Å². The van der Waals surface area contributed by atoms with Crippen LogP contribution in [0.5, 0.6) is 0 Å². The SMILES string of the molecule is Cc1cc(C(=O)Nc2cccc(C(=O)N(C)C)c2)no1. The number of carbonyl (C=O) groups excluding carboxylic acids is 2. The first-order chi connectivity index (χ1) is 9.47. The van der Waals surface area contributed by atoms with Crippen LogP contribution in [0, 0.1) is 6.92 Å². The van der Waals surface area contributed by atoms with E-state index in [1.165, 1.54) is 4.90 Å². The Bertz CT molecular complexity index is 647. The summed E-state index contributed by atoms with van der Waals surface area (Å²) in [7, 11) is 3.34. The highest BCUT2D eigenvalue weighted by Crippen LogP contribution is 2.13. The Morgan fingerprint density at radius 2 is 2.00 bits per heavy atom. The molecule has 20 heavy (non-hydrogen) atoms. The molecule has 0 aliphatic carbocycles. The van der Waals surface area contributed by atoms with E-state index < -0.39 is 0 Å². The number of amides is 2. The van der Waals surface area contributed by atoms with Gasteiger partial charge in [-0.3, -0.25) is 9.59 Å². The fourth-order valence-electron chi connectivity index (χ4n) is 1.66. The van der Waals surface area contributed by atoms with Crippen molar-refractivity contribution in [2.45, 2.75) is 6.92 Å². The molecule has 0 radical (unpaired) electrons. The van der Waals surface area contributed by atoms with Crippen molar-refractivity contribution in [3.8, 4) is 0 Å². The molecule has 1 heterocycles. The zero-order chi connectivity index (χ0) is 14.7. The standard InChI is InChI=1S/C14H15N3O3/c1-9-7-12(16-20-9)13(18)15-11-6-4-5-10(8-11)14(19)17(2)3/h4-8H,1-3H3,(H,15,18). The quantitative estimate of drug-likeness (QED) is 0.927. The molecule has 104 valence electrons. The molecule has 6 heteroatoms. The van der Waals surface area contributed by atoms with Crippen LogP contribution in [0.25, 0.3) is 0 Å². The third-order valence-corrected chi connectivity index (χ3v) is 2.63. The first-order valence-electron chi connectivity index (χ1n) is 6.04. The fraction of sp³-hybridized carbons (Fsp3) is 0.214. The molecule has 2 aromatic rings.